The van der Waals surface area contributed by atoms with E-state index in [1.165, 1.54) is 7.11 Å². The molecule has 1 aliphatic rings. The van der Waals surface area contributed by atoms with Gasteiger partial charge in [-0.15, -0.1) is 0 Å². The SMILES string of the molecule is COC(C)(C)C(=O)N(C)[C@H]1CNC[C@@H]1O. The molecule has 5 nitrogen and oxygen atoms in total. The second-order valence-electron chi connectivity index (χ2n) is 4.42. The molecule has 0 aromatic carbocycles. The zero-order valence-corrected chi connectivity index (χ0v) is 9.78. The number of carbonyl (C=O) groups excluding carboxylic acids is 1. The number of hydrogen-bond donors (Lipinski definition) is 2. The van der Waals surface area contributed by atoms with Gasteiger partial charge in [-0.2, -0.15) is 0 Å². The first-order valence-electron chi connectivity index (χ1n) is 5.11. The lowest BCUT2D eigenvalue weighted by atomic mass is 10.1. The van der Waals surface area contributed by atoms with E-state index in [0.29, 0.717) is 13.1 Å². The van der Waals surface area contributed by atoms with Crippen molar-refractivity contribution in [2.75, 3.05) is 27.2 Å². The summed E-state index contributed by atoms with van der Waals surface area (Å²) in [6, 6.07) is -0.160. The molecule has 0 unspecified atom stereocenters. The van der Waals surface area contributed by atoms with Gasteiger partial charge in [0.25, 0.3) is 5.91 Å². The fourth-order valence-corrected chi connectivity index (χ4v) is 1.71. The summed E-state index contributed by atoms with van der Waals surface area (Å²) >= 11 is 0. The minimum atomic E-state index is -0.836. The Morgan fingerprint density at radius 2 is 2.13 bits per heavy atom. The third kappa shape index (κ3) is 2.48. The van der Waals surface area contributed by atoms with Crippen LogP contribution in [0.25, 0.3) is 0 Å². The first-order valence-corrected chi connectivity index (χ1v) is 5.11. The molecule has 1 fully saturated rings. The molecule has 0 bridgehead atoms. The maximum atomic E-state index is 12.0. The smallest absolute Gasteiger partial charge is 0.254 e. The first-order chi connectivity index (χ1) is 6.90. The molecule has 1 rings (SSSR count). The van der Waals surface area contributed by atoms with Crippen LogP contribution in [-0.2, 0) is 9.53 Å². The summed E-state index contributed by atoms with van der Waals surface area (Å²) in [4.78, 5) is 13.6. The van der Waals surface area contributed by atoms with Crippen molar-refractivity contribution in [1.29, 1.82) is 0 Å². The fourth-order valence-electron chi connectivity index (χ4n) is 1.71. The summed E-state index contributed by atoms with van der Waals surface area (Å²) in [5.41, 5.74) is -0.836. The van der Waals surface area contributed by atoms with Crippen LogP contribution in [0.4, 0.5) is 0 Å². The van der Waals surface area contributed by atoms with Crippen molar-refractivity contribution < 1.29 is 14.6 Å². The van der Waals surface area contributed by atoms with E-state index < -0.39 is 11.7 Å². The second kappa shape index (κ2) is 4.47. The van der Waals surface area contributed by atoms with E-state index in [9.17, 15) is 9.90 Å². The van der Waals surface area contributed by atoms with E-state index in [4.69, 9.17) is 4.74 Å². The fraction of sp³-hybridized carbons (Fsp3) is 0.900. The molecular formula is C10H20N2O3. The van der Waals surface area contributed by atoms with Crippen molar-refractivity contribution in [1.82, 2.24) is 10.2 Å². The van der Waals surface area contributed by atoms with Crippen LogP contribution < -0.4 is 5.32 Å². The van der Waals surface area contributed by atoms with E-state index >= 15 is 0 Å². The zero-order valence-electron chi connectivity index (χ0n) is 9.78. The molecule has 88 valence electrons. The lowest BCUT2D eigenvalue weighted by Gasteiger charge is -2.33. The number of β-amino-alcohol motifs (C(OH)–C–C–N with tert-alkyl or cyclic N) is 1. The van der Waals surface area contributed by atoms with E-state index in [-0.39, 0.29) is 11.9 Å². The summed E-state index contributed by atoms with van der Waals surface area (Å²) in [5, 5.41) is 12.7. The molecule has 0 aromatic heterocycles. The summed E-state index contributed by atoms with van der Waals surface area (Å²) in [5.74, 6) is -0.113. The third-order valence-electron chi connectivity index (χ3n) is 2.99. The van der Waals surface area contributed by atoms with Crippen molar-refractivity contribution in [2.45, 2.75) is 31.6 Å². The minimum Gasteiger partial charge on any atom is -0.390 e. The minimum absolute atomic E-state index is 0.113. The van der Waals surface area contributed by atoms with Crippen LogP contribution in [0.1, 0.15) is 13.8 Å². The van der Waals surface area contributed by atoms with Gasteiger partial charge in [0.1, 0.15) is 5.60 Å². The highest BCUT2D eigenvalue weighted by Gasteiger charge is 2.37. The number of aliphatic hydroxyl groups excluding tert-OH is 1. The number of hydrogen-bond acceptors (Lipinski definition) is 4. The van der Waals surface area contributed by atoms with E-state index in [2.05, 4.69) is 5.32 Å². The van der Waals surface area contributed by atoms with Crippen LogP contribution in [0.2, 0.25) is 0 Å². The van der Waals surface area contributed by atoms with Gasteiger partial charge in [-0.1, -0.05) is 0 Å². The number of methoxy groups -OCH3 is 1. The molecule has 1 aliphatic heterocycles. The summed E-state index contributed by atoms with van der Waals surface area (Å²) in [7, 11) is 3.21. The molecule has 1 heterocycles. The van der Waals surface area contributed by atoms with Crippen molar-refractivity contribution in [3.63, 3.8) is 0 Å². The lowest BCUT2D eigenvalue weighted by Crippen LogP contribution is -2.52. The third-order valence-corrected chi connectivity index (χ3v) is 2.99. The Balaban J connectivity index is 2.67. The molecule has 0 aromatic rings. The Bertz CT molecular complexity index is 243. The predicted octanol–water partition coefficient (Wildman–Crippen LogP) is -0.797. The monoisotopic (exact) mass is 216 g/mol. The molecule has 1 amide bonds. The van der Waals surface area contributed by atoms with Gasteiger partial charge in [0.2, 0.25) is 0 Å². The van der Waals surface area contributed by atoms with Crippen molar-refractivity contribution in [3.8, 4) is 0 Å². The number of likely N-dealkylation sites (N-methyl/N-ethyl adjacent to an activating group) is 1. The largest absolute Gasteiger partial charge is 0.390 e. The molecule has 1 saturated heterocycles. The predicted molar refractivity (Wildman–Crippen MR) is 56.5 cm³/mol. The van der Waals surface area contributed by atoms with Gasteiger partial charge in [-0.3, -0.25) is 4.79 Å². The maximum Gasteiger partial charge on any atom is 0.254 e. The highest BCUT2D eigenvalue weighted by atomic mass is 16.5. The Kier molecular flexibility index (Phi) is 3.70. The van der Waals surface area contributed by atoms with Crippen LogP contribution in [0.5, 0.6) is 0 Å². The molecule has 5 heteroatoms. The quantitative estimate of drug-likeness (QED) is 0.648. The van der Waals surface area contributed by atoms with Crippen LogP contribution in [0.15, 0.2) is 0 Å². The van der Waals surface area contributed by atoms with Gasteiger partial charge in [0, 0.05) is 27.2 Å². The molecule has 0 spiro atoms. The van der Waals surface area contributed by atoms with Gasteiger partial charge in [0.05, 0.1) is 12.1 Å². The Labute approximate surface area is 90.4 Å². The van der Waals surface area contributed by atoms with Crippen LogP contribution in [0, 0.1) is 0 Å². The number of ether oxygens (including phenoxy) is 1. The molecule has 0 radical (unpaired) electrons. The van der Waals surface area contributed by atoms with Crippen LogP contribution >= 0.6 is 0 Å². The summed E-state index contributed by atoms with van der Waals surface area (Å²) < 4.78 is 5.12. The van der Waals surface area contributed by atoms with E-state index in [0.717, 1.165) is 0 Å². The number of nitrogens with zero attached hydrogens (tertiary/aromatic N) is 1. The molecular weight excluding hydrogens is 196 g/mol. The standard InChI is InChI=1S/C10H20N2O3/c1-10(2,15-4)9(14)12(3)7-5-11-6-8(7)13/h7-8,11,13H,5-6H2,1-4H3/t7-,8-/m0/s1. The number of carbonyl (C=O) groups is 1. The molecule has 0 saturated carbocycles. The maximum absolute atomic E-state index is 12.0. The normalized spacial score (nSPS) is 26.7. The highest BCUT2D eigenvalue weighted by molar-refractivity contribution is 5.84. The first kappa shape index (κ1) is 12.4. The van der Waals surface area contributed by atoms with Gasteiger partial charge in [-0.05, 0) is 13.8 Å². The Hall–Kier alpha value is -0.650. The van der Waals surface area contributed by atoms with Crippen molar-refractivity contribution >= 4 is 5.91 Å². The van der Waals surface area contributed by atoms with Crippen molar-refractivity contribution in [3.05, 3.63) is 0 Å². The molecule has 2 N–H and O–H groups in total. The molecule has 0 aliphatic carbocycles. The Morgan fingerprint density at radius 1 is 1.53 bits per heavy atom. The number of aliphatic hydroxyl groups is 1. The second-order valence-corrected chi connectivity index (χ2v) is 4.42. The summed E-state index contributed by atoms with van der Waals surface area (Å²) in [6.07, 6.45) is -0.494. The van der Waals surface area contributed by atoms with Gasteiger partial charge in [0.15, 0.2) is 0 Å². The van der Waals surface area contributed by atoms with Gasteiger partial charge in [-0.25, -0.2) is 0 Å². The number of amides is 1. The average Bonchev–Trinajstić information content (AvgIpc) is 2.62. The molecule has 2 atom stereocenters. The summed E-state index contributed by atoms with van der Waals surface area (Å²) in [6.45, 7) is 4.61. The van der Waals surface area contributed by atoms with Gasteiger partial charge >= 0.3 is 0 Å². The number of rotatable bonds is 3. The van der Waals surface area contributed by atoms with Gasteiger partial charge < -0.3 is 20.1 Å². The van der Waals surface area contributed by atoms with E-state index in [1.807, 2.05) is 0 Å². The van der Waals surface area contributed by atoms with E-state index in [1.54, 1.807) is 25.8 Å². The average molecular weight is 216 g/mol. The topological polar surface area (TPSA) is 61.8 Å². The zero-order chi connectivity index (χ0) is 11.6. The lowest BCUT2D eigenvalue weighted by molar-refractivity contribution is -0.153. The van der Waals surface area contributed by atoms with Crippen LogP contribution in [-0.4, -0.2) is 60.9 Å². The van der Waals surface area contributed by atoms with Crippen LogP contribution in [0.3, 0.4) is 0 Å². The molecule has 15 heavy (non-hydrogen) atoms. The highest BCUT2D eigenvalue weighted by Crippen LogP contribution is 2.16. The van der Waals surface area contributed by atoms with Crippen molar-refractivity contribution in [2.24, 2.45) is 0 Å². The Morgan fingerprint density at radius 3 is 2.53 bits per heavy atom. The number of nitrogens with one attached hydrogen (secondary N) is 1.